The zero-order valence-corrected chi connectivity index (χ0v) is 14.4. The van der Waals surface area contributed by atoms with Crippen LogP contribution in [0.5, 0.6) is 0 Å². The van der Waals surface area contributed by atoms with Crippen LogP contribution in [0.3, 0.4) is 0 Å². The molecule has 2 N–H and O–H groups in total. The molecule has 1 aromatic heterocycles. The molecule has 0 aliphatic heterocycles. The normalized spacial score (nSPS) is 10.6. The number of furan rings is 1. The Balaban J connectivity index is 1.76. The lowest BCUT2D eigenvalue weighted by molar-refractivity contribution is 0.0951. The summed E-state index contributed by atoms with van der Waals surface area (Å²) in [7, 11) is 0. The quantitative estimate of drug-likeness (QED) is 0.708. The van der Waals surface area contributed by atoms with Crippen molar-refractivity contribution in [3.63, 3.8) is 0 Å². The van der Waals surface area contributed by atoms with Gasteiger partial charge in [-0.2, -0.15) is 0 Å². The molecule has 2 aromatic carbocycles. The fourth-order valence-electron chi connectivity index (χ4n) is 2.40. The molecule has 1 heterocycles. The Morgan fingerprint density at radius 2 is 1.92 bits per heavy atom. The number of hydrogen-bond acceptors (Lipinski definition) is 3. The molecule has 0 saturated carbocycles. The van der Waals surface area contributed by atoms with Crippen LogP contribution < -0.4 is 10.6 Å². The van der Waals surface area contributed by atoms with Gasteiger partial charge in [0.2, 0.25) is 0 Å². The van der Waals surface area contributed by atoms with E-state index in [1.807, 2.05) is 6.92 Å². The summed E-state index contributed by atoms with van der Waals surface area (Å²) in [4.78, 5) is 24.4. The van der Waals surface area contributed by atoms with Crippen LogP contribution in [-0.2, 0) is 0 Å². The van der Waals surface area contributed by atoms with Crippen molar-refractivity contribution in [1.82, 2.24) is 5.32 Å². The minimum atomic E-state index is -0.390. The van der Waals surface area contributed by atoms with E-state index in [9.17, 15) is 9.59 Å². The van der Waals surface area contributed by atoms with Gasteiger partial charge in [0.05, 0.1) is 0 Å². The van der Waals surface area contributed by atoms with Crippen LogP contribution in [0.15, 0.2) is 52.9 Å². The monoisotopic (exact) mass is 356 g/mol. The second kappa shape index (κ2) is 7.40. The standard InChI is InChI=1S/C19H17ClN2O3/c1-2-8-21-18(23)12-4-3-5-15(10-12)22-19(24)17-11-13-9-14(20)6-7-16(13)25-17/h3-7,9-11H,2,8H2,1H3,(H,21,23)(H,22,24). The number of benzene rings is 2. The summed E-state index contributed by atoms with van der Waals surface area (Å²) < 4.78 is 5.54. The van der Waals surface area contributed by atoms with Gasteiger partial charge in [0, 0.05) is 28.2 Å². The van der Waals surface area contributed by atoms with Gasteiger partial charge >= 0.3 is 0 Å². The fourth-order valence-corrected chi connectivity index (χ4v) is 2.58. The molecule has 2 amide bonds. The van der Waals surface area contributed by atoms with Gasteiger partial charge in [0.1, 0.15) is 5.58 Å². The molecule has 5 nitrogen and oxygen atoms in total. The van der Waals surface area contributed by atoms with Gasteiger partial charge in [-0.1, -0.05) is 24.6 Å². The molecule has 3 aromatic rings. The third kappa shape index (κ3) is 4.00. The molecule has 0 radical (unpaired) electrons. The SMILES string of the molecule is CCCNC(=O)c1cccc(NC(=O)c2cc3cc(Cl)ccc3o2)c1. The third-order valence-corrected chi connectivity index (χ3v) is 3.86. The van der Waals surface area contributed by atoms with E-state index in [4.69, 9.17) is 16.0 Å². The lowest BCUT2D eigenvalue weighted by Gasteiger charge is -2.07. The van der Waals surface area contributed by atoms with E-state index >= 15 is 0 Å². The summed E-state index contributed by atoms with van der Waals surface area (Å²) in [5, 5.41) is 6.87. The zero-order chi connectivity index (χ0) is 17.8. The number of carbonyl (C=O) groups is 2. The van der Waals surface area contributed by atoms with Crippen LogP contribution in [0.1, 0.15) is 34.3 Å². The maximum absolute atomic E-state index is 12.4. The van der Waals surface area contributed by atoms with Crippen LogP contribution in [0.4, 0.5) is 5.69 Å². The van der Waals surface area contributed by atoms with Gasteiger partial charge in [0.15, 0.2) is 5.76 Å². The highest BCUT2D eigenvalue weighted by molar-refractivity contribution is 6.31. The Bertz CT molecular complexity index is 933. The maximum Gasteiger partial charge on any atom is 0.291 e. The van der Waals surface area contributed by atoms with Gasteiger partial charge in [0.25, 0.3) is 11.8 Å². The van der Waals surface area contributed by atoms with Crippen molar-refractivity contribution >= 4 is 40.1 Å². The molecule has 0 unspecified atom stereocenters. The van der Waals surface area contributed by atoms with Gasteiger partial charge in [-0.05, 0) is 48.9 Å². The van der Waals surface area contributed by atoms with Crippen molar-refractivity contribution in [2.45, 2.75) is 13.3 Å². The number of fused-ring (bicyclic) bond motifs is 1. The molecule has 6 heteroatoms. The molecule has 0 aliphatic rings. The molecule has 3 rings (SSSR count). The summed E-state index contributed by atoms with van der Waals surface area (Å²) in [6.45, 7) is 2.59. The van der Waals surface area contributed by atoms with Crippen molar-refractivity contribution in [3.05, 3.63) is 64.9 Å². The van der Waals surface area contributed by atoms with E-state index in [1.165, 1.54) is 0 Å². The molecule has 0 fully saturated rings. The van der Waals surface area contributed by atoms with Gasteiger partial charge < -0.3 is 15.1 Å². The summed E-state index contributed by atoms with van der Waals surface area (Å²) in [6.07, 6.45) is 0.859. The molecule has 128 valence electrons. The Kier molecular flexibility index (Phi) is 5.05. The van der Waals surface area contributed by atoms with Crippen LogP contribution in [0.25, 0.3) is 11.0 Å². The lowest BCUT2D eigenvalue weighted by atomic mass is 10.2. The molecule has 25 heavy (non-hydrogen) atoms. The highest BCUT2D eigenvalue weighted by atomic mass is 35.5. The molecule has 0 spiro atoms. The number of halogens is 1. The third-order valence-electron chi connectivity index (χ3n) is 3.62. The van der Waals surface area contributed by atoms with E-state index in [-0.39, 0.29) is 11.7 Å². The Morgan fingerprint density at radius 1 is 1.08 bits per heavy atom. The van der Waals surface area contributed by atoms with Crippen LogP contribution in [0.2, 0.25) is 5.02 Å². The average molecular weight is 357 g/mol. The van der Waals surface area contributed by atoms with E-state index in [2.05, 4.69) is 10.6 Å². The van der Waals surface area contributed by atoms with E-state index in [0.717, 1.165) is 11.8 Å². The van der Waals surface area contributed by atoms with Crippen molar-refractivity contribution < 1.29 is 14.0 Å². The highest BCUT2D eigenvalue weighted by Crippen LogP contribution is 2.23. The first kappa shape index (κ1) is 17.0. The maximum atomic E-state index is 12.4. The number of hydrogen-bond donors (Lipinski definition) is 2. The first-order valence-electron chi connectivity index (χ1n) is 7.95. The van der Waals surface area contributed by atoms with Crippen LogP contribution >= 0.6 is 11.6 Å². The van der Waals surface area contributed by atoms with Crippen molar-refractivity contribution in [2.75, 3.05) is 11.9 Å². The second-order valence-electron chi connectivity index (χ2n) is 5.58. The molecule has 0 atom stereocenters. The lowest BCUT2D eigenvalue weighted by Crippen LogP contribution is -2.24. The second-order valence-corrected chi connectivity index (χ2v) is 6.02. The minimum absolute atomic E-state index is 0.170. The van der Waals surface area contributed by atoms with Crippen molar-refractivity contribution in [2.24, 2.45) is 0 Å². The van der Waals surface area contributed by atoms with Gasteiger partial charge in [-0.25, -0.2) is 0 Å². The summed E-state index contributed by atoms with van der Waals surface area (Å²) in [5.41, 5.74) is 1.59. The first-order valence-corrected chi connectivity index (χ1v) is 8.33. The van der Waals surface area contributed by atoms with Crippen molar-refractivity contribution in [3.8, 4) is 0 Å². The van der Waals surface area contributed by atoms with Crippen LogP contribution in [-0.4, -0.2) is 18.4 Å². The van der Waals surface area contributed by atoms with E-state index in [0.29, 0.717) is 28.4 Å². The van der Waals surface area contributed by atoms with Crippen LogP contribution in [0, 0.1) is 0 Å². The number of rotatable bonds is 5. The smallest absolute Gasteiger partial charge is 0.291 e. The zero-order valence-electron chi connectivity index (χ0n) is 13.6. The van der Waals surface area contributed by atoms with E-state index < -0.39 is 5.91 Å². The number of amides is 2. The number of carbonyl (C=O) groups excluding carboxylic acids is 2. The Hall–Kier alpha value is -2.79. The predicted molar refractivity (Wildman–Crippen MR) is 98.2 cm³/mol. The Morgan fingerprint density at radius 3 is 2.72 bits per heavy atom. The fraction of sp³-hybridized carbons (Fsp3) is 0.158. The summed E-state index contributed by atoms with van der Waals surface area (Å²) in [6, 6.07) is 13.5. The molecular weight excluding hydrogens is 340 g/mol. The summed E-state index contributed by atoms with van der Waals surface area (Å²) in [5.74, 6) is -0.382. The van der Waals surface area contributed by atoms with Gasteiger partial charge in [-0.15, -0.1) is 0 Å². The molecule has 0 saturated heterocycles. The van der Waals surface area contributed by atoms with Crippen molar-refractivity contribution in [1.29, 1.82) is 0 Å². The average Bonchev–Trinajstić information content (AvgIpc) is 3.03. The first-order chi connectivity index (χ1) is 12.1. The Labute approximate surface area is 150 Å². The topological polar surface area (TPSA) is 71.3 Å². The largest absolute Gasteiger partial charge is 0.451 e. The minimum Gasteiger partial charge on any atom is -0.451 e. The highest BCUT2D eigenvalue weighted by Gasteiger charge is 2.14. The molecular formula is C19H17ClN2O3. The van der Waals surface area contributed by atoms with Gasteiger partial charge in [-0.3, -0.25) is 9.59 Å². The molecule has 0 aliphatic carbocycles. The molecule has 0 bridgehead atoms. The van der Waals surface area contributed by atoms with E-state index in [1.54, 1.807) is 48.5 Å². The summed E-state index contributed by atoms with van der Waals surface area (Å²) >= 11 is 5.94. The number of anilines is 1. The number of nitrogens with one attached hydrogen (secondary N) is 2. The predicted octanol–water partition coefficient (Wildman–Crippen LogP) is 4.48.